The topological polar surface area (TPSA) is 9.23 Å². The number of aryl methyl sites for hydroxylation is 1. The Kier molecular flexibility index (Phi) is 6.64. The van der Waals surface area contributed by atoms with E-state index in [0.29, 0.717) is 18.6 Å². The summed E-state index contributed by atoms with van der Waals surface area (Å²) in [4.78, 5) is 0. The molecular weight excluding hydrogens is 499 g/mol. The quantitative estimate of drug-likeness (QED) is 0.185. The summed E-state index contributed by atoms with van der Waals surface area (Å²) in [6, 6.07) is 5.99. The summed E-state index contributed by atoms with van der Waals surface area (Å²) in [5.41, 5.74) is -1.98. The van der Waals surface area contributed by atoms with E-state index in [1.807, 2.05) is 0 Å². The second-order valence-electron chi connectivity index (χ2n) is 7.95. The fourth-order valence-corrected chi connectivity index (χ4v) is 3.82. The van der Waals surface area contributed by atoms with Gasteiger partial charge in [0.2, 0.25) is 0 Å². The molecule has 0 aliphatic heterocycles. The third-order valence-electron chi connectivity index (χ3n) is 5.51. The molecule has 0 N–H and O–H groups in total. The molecule has 0 radical (unpaired) electrons. The Bertz CT molecular complexity index is 1460. The lowest BCUT2D eigenvalue weighted by atomic mass is 9.96. The minimum Gasteiger partial charge on any atom is -0.429 e. The summed E-state index contributed by atoms with van der Waals surface area (Å²) in [6.07, 6.45) is -3.72. The molecule has 0 unspecified atom stereocenters. The van der Waals surface area contributed by atoms with Gasteiger partial charge in [0, 0.05) is 17.7 Å². The smallest absolute Gasteiger partial charge is 0.429 e. The summed E-state index contributed by atoms with van der Waals surface area (Å²) in [7, 11) is 0. The van der Waals surface area contributed by atoms with Crippen LogP contribution >= 0.6 is 0 Å². The van der Waals surface area contributed by atoms with Crippen molar-refractivity contribution >= 4 is 10.8 Å². The molecule has 0 saturated carbocycles. The van der Waals surface area contributed by atoms with Crippen molar-refractivity contribution in [3.8, 4) is 16.9 Å². The number of benzene rings is 4. The maximum Gasteiger partial charge on any atom is 0.429 e. The van der Waals surface area contributed by atoms with Gasteiger partial charge < -0.3 is 4.74 Å². The van der Waals surface area contributed by atoms with Crippen LogP contribution in [-0.4, -0.2) is 0 Å². The Morgan fingerprint density at radius 3 is 1.97 bits per heavy atom. The zero-order valence-electron chi connectivity index (χ0n) is 18.3. The average Bonchev–Trinajstić information content (AvgIpc) is 2.80. The number of hydrogen-bond acceptors (Lipinski definition) is 1. The van der Waals surface area contributed by atoms with Crippen molar-refractivity contribution in [2.75, 3.05) is 0 Å². The molecule has 0 fully saturated rings. The van der Waals surface area contributed by atoms with Crippen LogP contribution in [0.3, 0.4) is 0 Å². The monoisotopic (exact) mass is 514 g/mol. The Labute approximate surface area is 198 Å². The molecule has 0 aliphatic rings. The molecule has 0 heterocycles. The molecular formula is C26H15F9O. The van der Waals surface area contributed by atoms with E-state index in [-0.39, 0.29) is 40.6 Å². The maximum absolute atomic E-state index is 15.2. The van der Waals surface area contributed by atoms with Crippen molar-refractivity contribution in [1.29, 1.82) is 0 Å². The highest BCUT2D eigenvalue weighted by molar-refractivity contribution is 5.89. The zero-order chi connectivity index (χ0) is 26.4. The van der Waals surface area contributed by atoms with Crippen LogP contribution in [0.25, 0.3) is 21.9 Å². The fraction of sp³-hybridized carbons (Fsp3) is 0.154. The number of fused-ring (bicyclic) bond motifs is 1. The molecule has 0 saturated heterocycles. The third-order valence-corrected chi connectivity index (χ3v) is 5.51. The van der Waals surface area contributed by atoms with Crippen LogP contribution in [0.1, 0.15) is 24.5 Å². The maximum atomic E-state index is 15.2. The van der Waals surface area contributed by atoms with Crippen molar-refractivity contribution < 1.29 is 44.3 Å². The van der Waals surface area contributed by atoms with E-state index in [1.54, 1.807) is 6.92 Å². The molecule has 4 aromatic carbocycles. The normalized spacial score (nSPS) is 11.8. The molecule has 0 aromatic heterocycles. The van der Waals surface area contributed by atoms with Crippen molar-refractivity contribution in [3.63, 3.8) is 0 Å². The molecule has 188 valence electrons. The third kappa shape index (κ3) is 4.47. The molecule has 0 bridgehead atoms. The predicted molar refractivity (Wildman–Crippen MR) is 114 cm³/mol. The van der Waals surface area contributed by atoms with Crippen LogP contribution in [-0.2, 0) is 12.5 Å². The number of ether oxygens (including phenoxy) is 1. The van der Waals surface area contributed by atoms with Crippen LogP contribution in [0, 0.1) is 40.7 Å². The van der Waals surface area contributed by atoms with E-state index in [9.17, 15) is 35.1 Å². The van der Waals surface area contributed by atoms with Crippen molar-refractivity contribution in [1.82, 2.24) is 0 Å². The second kappa shape index (κ2) is 9.40. The van der Waals surface area contributed by atoms with Gasteiger partial charge in [-0.05, 0) is 41.1 Å². The molecule has 4 aromatic rings. The van der Waals surface area contributed by atoms with Crippen LogP contribution in [0.4, 0.5) is 39.5 Å². The van der Waals surface area contributed by atoms with Gasteiger partial charge in [0.15, 0.2) is 29.1 Å². The van der Waals surface area contributed by atoms with E-state index in [1.165, 1.54) is 12.1 Å². The van der Waals surface area contributed by atoms with Gasteiger partial charge in [-0.25, -0.2) is 30.7 Å². The van der Waals surface area contributed by atoms with Gasteiger partial charge in [-0.2, -0.15) is 8.78 Å². The first kappa shape index (κ1) is 25.4. The molecule has 36 heavy (non-hydrogen) atoms. The van der Waals surface area contributed by atoms with Gasteiger partial charge in [0.1, 0.15) is 17.4 Å². The van der Waals surface area contributed by atoms with E-state index in [2.05, 4.69) is 4.74 Å². The molecule has 0 aliphatic carbocycles. The van der Waals surface area contributed by atoms with E-state index in [4.69, 9.17) is 0 Å². The summed E-state index contributed by atoms with van der Waals surface area (Å²) in [5.74, 6) is -12.1. The van der Waals surface area contributed by atoms with Gasteiger partial charge >= 0.3 is 6.11 Å². The zero-order valence-corrected chi connectivity index (χ0v) is 18.3. The highest BCUT2D eigenvalue weighted by Crippen LogP contribution is 2.38. The van der Waals surface area contributed by atoms with Crippen LogP contribution in [0.5, 0.6) is 5.75 Å². The van der Waals surface area contributed by atoms with Crippen molar-refractivity contribution in [2.24, 2.45) is 0 Å². The van der Waals surface area contributed by atoms with E-state index >= 15 is 4.39 Å². The summed E-state index contributed by atoms with van der Waals surface area (Å²) in [6.45, 7) is 1.76. The highest BCUT2D eigenvalue weighted by Gasteiger charge is 2.38. The molecule has 1 nitrogen and oxygen atoms in total. The summed E-state index contributed by atoms with van der Waals surface area (Å²) >= 11 is 0. The van der Waals surface area contributed by atoms with E-state index in [0.717, 1.165) is 12.1 Å². The van der Waals surface area contributed by atoms with Gasteiger partial charge in [-0.3, -0.25) is 0 Å². The number of rotatable bonds is 6. The lowest BCUT2D eigenvalue weighted by Crippen LogP contribution is -2.23. The second-order valence-corrected chi connectivity index (χ2v) is 7.95. The lowest BCUT2D eigenvalue weighted by molar-refractivity contribution is -0.187. The Morgan fingerprint density at radius 2 is 1.36 bits per heavy atom. The molecule has 10 heteroatoms. The molecule has 0 amide bonds. The van der Waals surface area contributed by atoms with Crippen LogP contribution in [0.15, 0.2) is 48.5 Å². The standard InChI is InChI=1S/C26H15F9O/c1-2-3-14-8-13-4-6-16(23(31)21(13)25(33)22(14)30)12-5-7-17(18(27)9-12)26(34,35)36-15-10-19(28)24(32)20(29)11-15/h4-11H,2-3H2,1H3. The first-order valence-electron chi connectivity index (χ1n) is 10.6. The summed E-state index contributed by atoms with van der Waals surface area (Å²) in [5, 5.41) is -0.613. The Morgan fingerprint density at radius 1 is 0.694 bits per heavy atom. The molecule has 0 spiro atoms. The van der Waals surface area contributed by atoms with E-state index < -0.39 is 63.5 Å². The SMILES string of the molecule is CCCc1cc2ccc(-c3ccc(C(F)(F)Oc4cc(F)c(F)c(F)c4)c(F)c3)c(F)c2c(F)c1F. The summed E-state index contributed by atoms with van der Waals surface area (Å²) < 4.78 is 132. The first-order chi connectivity index (χ1) is 16.9. The minimum absolute atomic E-state index is 0.0631. The van der Waals surface area contributed by atoms with Crippen LogP contribution in [0.2, 0.25) is 0 Å². The Balaban J connectivity index is 1.73. The van der Waals surface area contributed by atoms with Gasteiger partial charge in [-0.1, -0.05) is 31.5 Å². The predicted octanol–water partition coefficient (Wildman–Crippen LogP) is 8.56. The van der Waals surface area contributed by atoms with Crippen LogP contribution < -0.4 is 4.74 Å². The number of hydrogen-bond donors (Lipinski definition) is 0. The average molecular weight is 514 g/mol. The number of halogens is 9. The van der Waals surface area contributed by atoms with Gasteiger partial charge in [-0.15, -0.1) is 0 Å². The lowest BCUT2D eigenvalue weighted by Gasteiger charge is -2.19. The van der Waals surface area contributed by atoms with Gasteiger partial charge in [0.25, 0.3) is 0 Å². The Hall–Kier alpha value is -3.69. The largest absolute Gasteiger partial charge is 0.429 e. The first-order valence-corrected chi connectivity index (χ1v) is 10.6. The van der Waals surface area contributed by atoms with Gasteiger partial charge in [0.05, 0.1) is 10.9 Å². The number of alkyl halides is 2. The molecule has 4 rings (SSSR count). The minimum atomic E-state index is -4.47. The fourth-order valence-electron chi connectivity index (χ4n) is 3.82. The highest BCUT2D eigenvalue weighted by atomic mass is 19.3. The van der Waals surface area contributed by atoms with Crippen molar-refractivity contribution in [2.45, 2.75) is 25.9 Å². The van der Waals surface area contributed by atoms with Crippen molar-refractivity contribution in [3.05, 3.63) is 100 Å². The molecule has 0 atom stereocenters.